The number of anilines is 1. The van der Waals surface area contributed by atoms with Gasteiger partial charge in [-0.05, 0) is 72.4 Å². The van der Waals surface area contributed by atoms with Crippen LogP contribution in [0.2, 0.25) is 0 Å². The molecule has 0 bridgehead atoms. The van der Waals surface area contributed by atoms with E-state index in [1.54, 1.807) is 0 Å². The van der Waals surface area contributed by atoms with Crippen LogP contribution in [0.5, 0.6) is 5.75 Å². The summed E-state index contributed by atoms with van der Waals surface area (Å²) in [5.41, 5.74) is 12.9. The molecule has 5 rings (SSSR count). The van der Waals surface area contributed by atoms with Crippen LogP contribution in [-0.4, -0.2) is 12.4 Å². The number of hydrogen-bond donors (Lipinski definition) is 3. The highest BCUT2D eigenvalue weighted by Gasteiger charge is 2.44. The molecule has 1 heterocycles. The van der Waals surface area contributed by atoms with Gasteiger partial charge in [-0.15, -0.1) is 0 Å². The number of rotatable bonds is 4. The van der Waals surface area contributed by atoms with Crippen molar-refractivity contribution in [1.82, 2.24) is 0 Å². The van der Waals surface area contributed by atoms with Crippen LogP contribution < -0.4 is 15.8 Å². The number of nitrogens with two attached hydrogens (primary N) is 1. The average molecular weight is 462 g/mol. The van der Waals surface area contributed by atoms with Gasteiger partial charge in [0.1, 0.15) is 11.6 Å². The minimum absolute atomic E-state index is 0.105. The molecule has 0 saturated carbocycles. The lowest BCUT2D eigenvalue weighted by Gasteiger charge is -2.38. The molecule has 3 aromatic rings. The maximum Gasteiger partial charge on any atom is 0.124 e. The summed E-state index contributed by atoms with van der Waals surface area (Å²) in [7, 11) is 0. The molecule has 4 nitrogen and oxygen atoms in total. The summed E-state index contributed by atoms with van der Waals surface area (Å²) in [6.07, 6.45) is 1.00. The second-order valence-electron chi connectivity index (χ2n) is 8.00. The van der Waals surface area contributed by atoms with E-state index in [0.29, 0.717) is 12.5 Å². The van der Waals surface area contributed by atoms with E-state index in [0.717, 1.165) is 27.9 Å². The number of nitrogen functional groups attached to an aromatic ring is 1. The molecule has 0 fully saturated rings. The molecule has 0 saturated heterocycles. The Labute approximate surface area is 185 Å². The lowest BCUT2D eigenvalue weighted by Crippen LogP contribution is -2.31. The third-order valence-electron chi connectivity index (χ3n) is 6.32. The predicted octanol–water partition coefficient (Wildman–Crippen LogP) is 5.60. The Bertz CT molecular complexity index is 1140. The van der Waals surface area contributed by atoms with Gasteiger partial charge in [0.25, 0.3) is 0 Å². The van der Waals surface area contributed by atoms with Crippen LogP contribution in [0.3, 0.4) is 0 Å². The first-order valence-electron chi connectivity index (χ1n) is 10.3. The van der Waals surface area contributed by atoms with Gasteiger partial charge in [-0.3, -0.25) is 5.41 Å². The van der Waals surface area contributed by atoms with Gasteiger partial charge in [0.2, 0.25) is 0 Å². The fourth-order valence-electron chi connectivity index (χ4n) is 5.09. The summed E-state index contributed by atoms with van der Waals surface area (Å²) in [6.45, 7) is 2.65. The minimum Gasteiger partial charge on any atom is -0.494 e. The topological polar surface area (TPSA) is 71.1 Å². The van der Waals surface area contributed by atoms with Crippen molar-refractivity contribution < 1.29 is 4.74 Å². The number of nitrogens with one attached hydrogen (secondary N) is 2. The van der Waals surface area contributed by atoms with Crippen molar-refractivity contribution in [3.8, 4) is 5.75 Å². The lowest BCUT2D eigenvalue weighted by molar-refractivity contribution is 0.326. The Kier molecular flexibility index (Phi) is 4.78. The van der Waals surface area contributed by atoms with Crippen molar-refractivity contribution >= 4 is 27.5 Å². The molecule has 0 aromatic heterocycles. The van der Waals surface area contributed by atoms with Crippen LogP contribution in [0.25, 0.3) is 0 Å². The average Bonchev–Trinajstić information content (AvgIpc) is 3.14. The van der Waals surface area contributed by atoms with Crippen molar-refractivity contribution in [2.45, 2.75) is 25.3 Å². The first-order chi connectivity index (χ1) is 14.6. The van der Waals surface area contributed by atoms with Gasteiger partial charge in [-0.1, -0.05) is 40.2 Å². The number of hydrogen-bond acceptors (Lipinski definition) is 3. The molecule has 2 aliphatic rings. The second kappa shape index (κ2) is 7.47. The predicted molar refractivity (Wildman–Crippen MR) is 125 cm³/mol. The van der Waals surface area contributed by atoms with E-state index >= 15 is 0 Å². The number of fused-ring (bicyclic) bond motifs is 5. The Morgan fingerprint density at radius 1 is 1.10 bits per heavy atom. The van der Waals surface area contributed by atoms with E-state index in [1.807, 2.05) is 19.1 Å². The van der Waals surface area contributed by atoms with Crippen LogP contribution in [0.15, 0.2) is 65.1 Å². The molecule has 0 amide bonds. The highest BCUT2D eigenvalue weighted by molar-refractivity contribution is 9.10. The highest BCUT2D eigenvalue weighted by atomic mass is 79.9. The highest BCUT2D eigenvalue weighted by Crippen LogP contribution is 2.55. The molecule has 0 radical (unpaired) electrons. The van der Waals surface area contributed by atoms with Gasteiger partial charge in [0.05, 0.1) is 12.6 Å². The van der Waals surface area contributed by atoms with Crippen LogP contribution in [-0.2, 0) is 6.42 Å². The standard InChI is InChI=1S/C25H24BrN3O/c1-2-30-22-10-8-16(26)13-19(22)24-20-11-14-5-3-4-6-17(14)23(20)18-12-15(25(27)28)7-9-21(18)29-24/h3-10,12-13,20,23-24,29H,2,11H2,1H3,(H3,27,28). The van der Waals surface area contributed by atoms with E-state index in [9.17, 15) is 0 Å². The summed E-state index contributed by atoms with van der Waals surface area (Å²) in [5, 5.41) is 11.7. The van der Waals surface area contributed by atoms with Crippen molar-refractivity contribution in [2.75, 3.05) is 11.9 Å². The van der Waals surface area contributed by atoms with Gasteiger partial charge in [0.15, 0.2) is 0 Å². The Hall–Kier alpha value is -2.79. The van der Waals surface area contributed by atoms with E-state index < -0.39 is 0 Å². The molecular formula is C25H24BrN3O. The molecule has 30 heavy (non-hydrogen) atoms. The summed E-state index contributed by atoms with van der Waals surface area (Å²) in [4.78, 5) is 0. The number of benzene rings is 3. The van der Waals surface area contributed by atoms with Crippen molar-refractivity contribution in [3.05, 3.63) is 93.0 Å². The molecule has 5 heteroatoms. The minimum atomic E-state index is 0.105. The molecule has 3 aromatic carbocycles. The van der Waals surface area contributed by atoms with Crippen LogP contribution in [0.1, 0.15) is 46.7 Å². The smallest absolute Gasteiger partial charge is 0.124 e. The zero-order valence-electron chi connectivity index (χ0n) is 16.8. The Morgan fingerprint density at radius 2 is 1.93 bits per heavy atom. The van der Waals surface area contributed by atoms with Crippen LogP contribution in [0.4, 0.5) is 5.69 Å². The number of ether oxygens (including phenoxy) is 1. The zero-order valence-corrected chi connectivity index (χ0v) is 18.4. The molecule has 1 aliphatic heterocycles. The molecule has 4 N–H and O–H groups in total. The van der Waals surface area contributed by atoms with Gasteiger partial charge >= 0.3 is 0 Å². The first kappa shape index (κ1) is 19.2. The Morgan fingerprint density at radius 3 is 2.73 bits per heavy atom. The number of amidine groups is 1. The summed E-state index contributed by atoms with van der Waals surface area (Å²) in [6, 6.07) is 21.2. The summed E-state index contributed by atoms with van der Waals surface area (Å²) < 4.78 is 7.05. The maximum absolute atomic E-state index is 7.89. The van der Waals surface area contributed by atoms with Crippen molar-refractivity contribution in [2.24, 2.45) is 11.7 Å². The van der Waals surface area contributed by atoms with E-state index in [1.165, 1.54) is 22.3 Å². The fourth-order valence-corrected chi connectivity index (χ4v) is 5.46. The summed E-state index contributed by atoms with van der Waals surface area (Å²) >= 11 is 3.65. The SMILES string of the molecule is CCOc1ccc(Br)cc1C1Nc2ccc(C(=N)N)cc2C2c3ccccc3CC12. The molecule has 3 unspecified atom stereocenters. The zero-order chi connectivity index (χ0) is 20.8. The van der Waals surface area contributed by atoms with E-state index in [2.05, 4.69) is 69.8 Å². The molecule has 1 aliphatic carbocycles. The lowest BCUT2D eigenvalue weighted by atomic mass is 9.75. The third-order valence-corrected chi connectivity index (χ3v) is 6.81. The van der Waals surface area contributed by atoms with Crippen LogP contribution >= 0.6 is 15.9 Å². The molecule has 0 spiro atoms. The van der Waals surface area contributed by atoms with Gasteiger partial charge < -0.3 is 15.8 Å². The van der Waals surface area contributed by atoms with Gasteiger partial charge in [0, 0.05) is 27.2 Å². The third kappa shape index (κ3) is 3.08. The second-order valence-corrected chi connectivity index (χ2v) is 8.91. The van der Waals surface area contributed by atoms with Crippen molar-refractivity contribution in [1.29, 1.82) is 5.41 Å². The quantitative estimate of drug-likeness (QED) is 0.349. The van der Waals surface area contributed by atoms with Gasteiger partial charge in [-0.2, -0.15) is 0 Å². The first-order valence-corrected chi connectivity index (χ1v) is 11.1. The van der Waals surface area contributed by atoms with Crippen LogP contribution in [0, 0.1) is 11.3 Å². The van der Waals surface area contributed by atoms with E-state index in [4.69, 9.17) is 15.9 Å². The van der Waals surface area contributed by atoms with Gasteiger partial charge in [-0.25, -0.2) is 0 Å². The van der Waals surface area contributed by atoms with E-state index in [-0.39, 0.29) is 17.8 Å². The number of halogens is 1. The maximum atomic E-state index is 7.89. The Balaban J connectivity index is 1.69. The molecular weight excluding hydrogens is 438 g/mol. The largest absolute Gasteiger partial charge is 0.494 e. The molecule has 152 valence electrons. The van der Waals surface area contributed by atoms with Crippen molar-refractivity contribution in [3.63, 3.8) is 0 Å². The normalized spacial score (nSPS) is 21.2. The fraction of sp³-hybridized carbons (Fsp3) is 0.240. The summed E-state index contributed by atoms with van der Waals surface area (Å²) in [5.74, 6) is 1.64. The monoisotopic (exact) mass is 461 g/mol. The molecule has 3 atom stereocenters.